The fraction of sp³-hybridized carbons (Fsp3) is 0.562. The standard InChI is InChI=1S/C16H26N2O3/c1-6-18(7-2)16(20)11-17(4)12(3)13-8-9-14(19)15(10-13)21-5/h8-10,12,19H,6-7,11H2,1-5H3. The highest BCUT2D eigenvalue weighted by molar-refractivity contribution is 5.78. The molecule has 1 N–H and O–H groups in total. The lowest BCUT2D eigenvalue weighted by atomic mass is 10.1. The maximum atomic E-state index is 12.1. The average molecular weight is 294 g/mol. The summed E-state index contributed by atoms with van der Waals surface area (Å²) in [5, 5.41) is 9.64. The van der Waals surface area contributed by atoms with E-state index < -0.39 is 0 Å². The number of carbonyl (C=O) groups excluding carboxylic acids is 1. The Bertz CT molecular complexity index is 473. The molecule has 0 heterocycles. The number of aromatic hydroxyl groups is 1. The Labute approximate surface area is 127 Å². The van der Waals surface area contributed by atoms with Crippen LogP contribution in [0.4, 0.5) is 0 Å². The van der Waals surface area contributed by atoms with Crippen molar-refractivity contribution < 1.29 is 14.6 Å². The van der Waals surface area contributed by atoms with E-state index in [0.717, 1.165) is 18.7 Å². The van der Waals surface area contributed by atoms with Gasteiger partial charge in [-0.15, -0.1) is 0 Å². The summed E-state index contributed by atoms with van der Waals surface area (Å²) in [7, 11) is 3.45. The van der Waals surface area contributed by atoms with Crippen molar-refractivity contribution in [2.45, 2.75) is 26.8 Å². The van der Waals surface area contributed by atoms with Gasteiger partial charge in [-0.2, -0.15) is 0 Å². The minimum absolute atomic E-state index is 0.0546. The summed E-state index contributed by atoms with van der Waals surface area (Å²) in [5.41, 5.74) is 1.000. The SMILES string of the molecule is CCN(CC)C(=O)CN(C)C(C)c1ccc(O)c(OC)c1. The van der Waals surface area contributed by atoms with Gasteiger partial charge in [-0.25, -0.2) is 0 Å². The van der Waals surface area contributed by atoms with E-state index in [2.05, 4.69) is 0 Å². The van der Waals surface area contributed by atoms with Crippen molar-refractivity contribution in [2.24, 2.45) is 0 Å². The Morgan fingerprint density at radius 1 is 1.33 bits per heavy atom. The van der Waals surface area contributed by atoms with Crippen LogP contribution >= 0.6 is 0 Å². The molecule has 0 spiro atoms. The Morgan fingerprint density at radius 3 is 2.48 bits per heavy atom. The molecule has 0 aliphatic heterocycles. The summed E-state index contributed by atoms with van der Waals surface area (Å²) in [6.45, 7) is 7.81. The molecule has 0 saturated heterocycles. The molecular weight excluding hydrogens is 268 g/mol. The monoisotopic (exact) mass is 294 g/mol. The van der Waals surface area contributed by atoms with Crippen molar-refractivity contribution in [1.82, 2.24) is 9.80 Å². The third kappa shape index (κ3) is 4.36. The average Bonchev–Trinajstić information content (AvgIpc) is 2.48. The van der Waals surface area contributed by atoms with Crippen molar-refractivity contribution >= 4 is 5.91 Å². The quantitative estimate of drug-likeness (QED) is 0.838. The molecule has 0 aliphatic carbocycles. The molecule has 1 rings (SSSR count). The second-order valence-electron chi connectivity index (χ2n) is 5.09. The molecule has 0 radical (unpaired) electrons. The van der Waals surface area contributed by atoms with E-state index in [1.165, 1.54) is 7.11 Å². The second kappa shape index (κ2) is 7.88. The van der Waals surface area contributed by atoms with Gasteiger partial charge < -0.3 is 14.7 Å². The Morgan fingerprint density at radius 2 is 1.95 bits per heavy atom. The van der Waals surface area contributed by atoms with Crippen LogP contribution in [-0.4, -0.2) is 54.6 Å². The van der Waals surface area contributed by atoms with Crippen molar-refractivity contribution in [2.75, 3.05) is 33.8 Å². The summed E-state index contributed by atoms with van der Waals surface area (Å²) < 4.78 is 5.13. The number of amides is 1. The van der Waals surface area contributed by atoms with Crippen molar-refractivity contribution in [3.63, 3.8) is 0 Å². The zero-order chi connectivity index (χ0) is 16.0. The van der Waals surface area contributed by atoms with Crippen LogP contribution in [0, 0.1) is 0 Å². The Kier molecular flexibility index (Phi) is 6.49. The Hall–Kier alpha value is -1.75. The van der Waals surface area contributed by atoms with Crippen molar-refractivity contribution in [3.05, 3.63) is 23.8 Å². The van der Waals surface area contributed by atoms with Crippen LogP contribution in [-0.2, 0) is 4.79 Å². The van der Waals surface area contributed by atoms with Crippen LogP contribution in [0.15, 0.2) is 18.2 Å². The lowest BCUT2D eigenvalue weighted by molar-refractivity contribution is -0.132. The van der Waals surface area contributed by atoms with Gasteiger partial charge in [-0.3, -0.25) is 9.69 Å². The minimum atomic E-state index is 0.0546. The highest BCUT2D eigenvalue weighted by Gasteiger charge is 2.18. The smallest absolute Gasteiger partial charge is 0.236 e. The van der Waals surface area contributed by atoms with E-state index in [0.29, 0.717) is 12.3 Å². The number of phenolic OH excluding ortho intramolecular Hbond substituents is 1. The molecule has 21 heavy (non-hydrogen) atoms. The molecule has 1 unspecified atom stereocenters. The third-order valence-corrected chi connectivity index (χ3v) is 3.85. The van der Waals surface area contributed by atoms with Gasteiger partial charge >= 0.3 is 0 Å². The number of hydrogen-bond acceptors (Lipinski definition) is 4. The molecule has 0 saturated carbocycles. The van der Waals surface area contributed by atoms with E-state index in [1.54, 1.807) is 12.1 Å². The summed E-state index contributed by atoms with van der Waals surface area (Å²) >= 11 is 0. The van der Waals surface area contributed by atoms with Gasteiger partial charge in [0.2, 0.25) is 5.91 Å². The van der Waals surface area contributed by atoms with E-state index in [4.69, 9.17) is 4.74 Å². The fourth-order valence-electron chi connectivity index (χ4n) is 2.24. The van der Waals surface area contributed by atoms with Crippen LogP contribution in [0.25, 0.3) is 0 Å². The lowest BCUT2D eigenvalue weighted by Gasteiger charge is -2.28. The lowest BCUT2D eigenvalue weighted by Crippen LogP contribution is -2.39. The fourth-order valence-corrected chi connectivity index (χ4v) is 2.24. The predicted molar refractivity (Wildman–Crippen MR) is 83.6 cm³/mol. The van der Waals surface area contributed by atoms with E-state index in [-0.39, 0.29) is 17.7 Å². The molecule has 0 fully saturated rings. The number of rotatable bonds is 7. The van der Waals surface area contributed by atoms with Crippen LogP contribution in [0.5, 0.6) is 11.5 Å². The maximum absolute atomic E-state index is 12.1. The summed E-state index contributed by atoms with van der Waals surface area (Å²) in [6, 6.07) is 5.32. The van der Waals surface area contributed by atoms with Crippen LogP contribution in [0.3, 0.4) is 0 Å². The molecule has 118 valence electrons. The number of methoxy groups -OCH3 is 1. The molecule has 1 aromatic carbocycles. The van der Waals surface area contributed by atoms with Gasteiger partial charge in [0.1, 0.15) is 0 Å². The molecule has 5 nitrogen and oxygen atoms in total. The van der Waals surface area contributed by atoms with E-state index >= 15 is 0 Å². The van der Waals surface area contributed by atoms with Crippen LogP contribution < -0.4 is 4.74 Å². The van der Waals surface area contributed by atoms with Gasteiger partial charge in [-0.1, -0.05) is 6.07 Å². The number of likely N-dealkylation sites (N-methyl/N-ethyl adjacent to an activating group) is 2. The summed E-state index contributed by atoms with van der Waals surface area (Å²) in [5.74, 6) is 0.693. The van der Waals surface area contributed by atoms with Crippen molar-refractivity contribution in [3.8, 4) is 11.5 Å². The number of phenols is 1. The van der Waals surface area contributed by atoms with Gasteiger partial charge in [0.05, 0.1) is 13.7 Å². The molecule has 0 aliphatic rings. The predicted octanol–water partition coefficient (Wildman–Crippen LogP) is 2.26. The first-order valence-corrected chi connectivity index (χ1v) is 7.29. The number of ether oxygens (including phenoxy) is 1. The van der Waals surface area contributed by atoms with Gasteiger partial charge in [0, 0.05) is 19.1 Å². The first-order chi connectivity index (χ1) is 9.94. The summed E-state index contributed by atoms with van der Waals surface area (Å²) in [6.07, 6.45) is 0. The number of nitrogens with zero attached hydrogens (tertiary/aromatic N) is 2. The summed E-state index contributed by atoms with van der Waals surface area (Å²) in [4.78, 5) is 16.0. The van der Waals surface area contributed by atoms with Gasteiger partial charge in [-0.05, 0) is 45.5 Å². The maximum Gasteiger partial charge on any atom is 0.236 e. The minimum Gasteiger partial charge on any atom is -0.504 e. The normalized spacial score (nSPS) is 12.3. The van der Waals surface area contributed by atoms with Gasteiger partial charge in [0.15, 0.2) is 11.5 Å². The van der Waals surface area contributed by atoms with Gasteiger partial charge in [0.25, 0.3) is 0 Å². The number of benzene rings is 1. The largest absolute Gasteiger partial charge is 0.504 e. The third-order valence-electron chi connectivity index (χ3n) is 3.85. The topological polar surface area (TPSA) is 53.0 Å². The number of carbonyl (C=O) groups is 1. The van der Waals surface area contributed by atoms with Crippen molar-refractivity contribution in [1.29, 1.82) is 0 Å². The highest BCUT2D eigenvalue weighted by Crippen LogP contribution is 2.30. The van der Waals surface area contributed by atoms with E-state index in [1.807, 2.05) is 43.7 Å². The molecule has 1 amide bonds. The molecular formula is C16H26N2O3. The zero-order valence-corrected chi connectivity index (χ0v) is 13.6. The van der Waals surface area contributed by atoms with Crippen LogP contribution in [0.2, 0.25) is 0 Å². The first kappa shape index (κ1) is 17.3. The molecule has 5 heteroatoms. The van der Waals surface area contributed by atoms with E-state index in [9.17, 15) is 9.90 Å². The first-order valence-electron chi connectivity index (χ1n) is 7.29. The molecule has 1 aromatic rings. The number of hydrogen-bond donors (Lipinski definition) is 1. The molecule has 0 aromatic heterocycles. The van der Waals surface area contributed by atoms with Crippen LogP contribution in [0.1, 0.15) is 32.4 Å². The zero-order valence-electron chi connectivity index (χ0n) is 13.6. The highest BCUT2D eigenvalue weighted by atomic mass is 16.5. The molecule has 1 atom stereocenters. The molecule has 0 bridgehead atoms. The Balaban J connectivity index is 2.78. The second-order valence-corrected chi connectivity index (χ2v) is 5.09.